The third-order valence-electron chi connectivity index (χ3n) is 5.87. The molecule has 0 saturated carbocycles. The van der Waals surface area contributed by atoms with Gasteiger partial charge in [-0.2, -0.15) is 0 Å². The second-order valence-corrected chi connectivity index (χ2v) is 9.31. The Kier molecular flexibility index (Phi) is 9.23. The number of rotatable bonds is 7. The fourth-order valence-corrected chi connectivity index (χ4v) is 4.00. The zero-order valence-electron chi connectivity index (χ0n) is 20.6. The van der Waals surface area contributed by atoms with E-state index in [0.717, 1.165) is 16.7 Å². The van der Waals surface area contributed by atoms with Crippen molar-refractivity contribution in [2.24, 2.45) is 5.92 Å². The molecule has 0 aromatic carbocycles. The molecule has 1 aliphatic heterocycles. The smallest absolute Gasteiger partial charge is 0.333 e. The molecule has 0 radical (unpaired) electrons. The van der Waals surface area contributed by atoms with E-state index in [-0.39, 0.29) is 24.6 Å². The van der Waals surface area contributed by atoms with Crippen molar-refractivity contribution in [1.82, 2.24) is 0 Å². The van der Waals surface area contributed by atoms with Gasteiger partial charge in [-0.1, -0.05) is 29.4 Å². The van der Waals surface area contributed by atoms with Crippen molar-refractivity contribution in [2.75, 3.05) is 13.7 Å². The van der Waals surface area contributed by atoms with Gasteiger partial charge in [0, 0.05) is 17.7 Å². The quantitative estimate of drug-likeness (QED) is 0.183. The second-order valence-electron chi connectivity index (χ2n) is 9.31. The Morgan fingerprint density at radius 1 is 1.12 bits per heavy atom. The molecule has 1 aliphatic carbocycles. The van der Waals surface area contributed by atoms with E-state index >= 15 is 0 Å². The van der Waals surface area contributed by atoms with Gasteiger partial charge in [-0.25, -0.2) is 14.4 Å². The molecule has 0 amide bonds. The minimum atomic E-state index is -0.970. The molecule has 182 valence electrons. The Bertz CT molecular complexity index is 871. The maximum Gasteiger partial charge on any atom is 0.333 e. The van der Waals surface area contributed by atoms with Gasteiger partial charge in [0.2, 0.25) is 0 Å². The van der Waals surface area contributed by atoms with Crippen molar-refractivity contribution in [3.63, 3.8) is 0 Å². The van der Waals surface area contributed by atoms with Crippen LogP contribution in [0.15, 0.2) is 47.1 Å². The number of carbonyl (C=O) groups excluding carboxylic acids is 3. The first-order valence-corrected chi connectivity index (χ1v) is 11.3. The zero-order chi connectivity index (χ0) is 24.8. The number of fused-ring (bicyclic) bond motifs is 1. The topological polar surface area (TPSA) is 91.4 Å². The zero-order valence-corrected chi connectivity index (χ0v) is 20.6. The minimum Gasteiger partial charge on any atom is -0.466 e. The van der Waals surface area contributed by atoms with E-state index < -0.39 is 23.6 Å². The monoisotopic (exact) mass is 460 g/mol. The van der Waals surface area contributed by atoms with Crippen LogP contribution < -0.4 is 0 Å². The van der Waals surface area contributed by atoms with E-state index in [1.54, 1.807) is 0 Å². The third kappa shape index (κ3) is 7.42. The van der Waals surface area contributed by atoms with Crippen molar-refractivity contribution >= 4 is 17.9 Å². The molecule has 0 aromatic heterocycles. The van der Waals surface area contributed by atoms with Gasteiger partial charge in [0.05, 0.1) is 13.2 Å². The summed E-state index contributed by atoms with van der Waals surface area (Å²) < 4.78 is 22.4. The first-order chi connectivity index (χ1) is 15.5. The molecule has 1 saturated heterocycles. The highest BCUT2D eigenvalue weighted by Gasteiger charge is 2.64. The summed E-state index contributed by atoms with van der Waals surface area (Å²) in [7, 11) is 1.36. The van der Waals surface area contributed by atoms with E-state index in [4.69, 9.17) is 18.9 Å². The first kappa shape index (κ1) is 26.6. The number of epoxide rings is 1. The van der Waals surface area contributed by atoms with Crippen LogP contribution in [0.2, 0.25) is 0 Å². The van der Waals surface area contributed by atoms with Crippen LogP contribution in [-0.2, 0) is 33.3 Å². The largest absolute Gasteiger partial charge is 0.466 e. The molecule has 0 N–H and O–H groups in total. The Balaban J connectivity index is 2.39. The fourth-order valence-electron chi connectivity index (χ4n) is 4.00. The highest BCUT2D eigenvalue weighted by atomic mass is 16.7. The van der Waals surface area contributed by atoms with Gasteiger partial charge in [0.15, 0.2) is 5.60 Å². The highest BCUT2D eigenvalue weighted by molar-refractivity contribution is 5.88. The van der Waals surface area contributed by atoms with E-state index in [2.05, 4.69) is 6.58 Å². The van der Waals surface area contributed by atoms with E-state index in [0.29, 0.717) is 31.3 Å². The molecule has 7 nitrogen and oxygen atoms in total. The molecule has 2 rings (SSSR count). The molecular formula is C26H36O7. The number of hydrogen-bond acceptors (Lipinski definition) is 7. The van der Waals surface area contributed by atoms with Gasteiger partial charge in [-0.05, 0) is 66.2 Å². The van der Waals surface area contributed by atoms with Crippen molar-refractivity contribution in [3.8, 4) is 0 Å². The number of allylic oxidation sites excluding steroid dienone is 4. The average Bonchev–Trinajstić information content (AvgIpc) is 3.43. The molecule has 33 heavy (non-hydrogen) atoms. The molecule has 0 bridgehead atoms. The van der Waals surface area contributed by atoms with Gasteiger partial charge in [-0.15, -0.1) is 0 Å². The molecule has 1 fully saturated rings. The van der Waals surface area contributed by atoms with E-state index in [9.17, 15) is 14.4 Å². The van der Waals surface area contributed by atoms with Gasteiger partial charge >= 0.3 is 17.9 Å². The van der Waals surface area contributed by atoms with Gasteiger partial charge < -0.3 is 18.9 Å². The maximum atomic E-state index is 12.6. The molecule has 2 aliphatic rings. The summed E-state index contributed by atoms with van der Waals surface area (Å²) in [6.07, 6.45) is 5.68. The lowest BCUT2D eigenvalue weighted by atomic mass is 9.83. The molecule has 0 aromatic rings. The summed E-state index contributed by atoms with van der Waals surface area (Å²) in [5.41, 5.74) is 2.14. The number of methoxy groups -OCH3 is 1. The fraction of sp³-hybridized carbons (Fsp3) is 0.577. The number of ether oxygens (including phenoxy) is 4. The number of carbonyl (C=O) groups is 3. The van der Waals surface area contributed by atoms with Crippen LogP contribution in [0.1, 0.15) is 60.3 Å². The first-order valence-electron chi connectivity index (χ1n) is 11.3. The van der Waals surface area contributed by atoms with Crippen LogP contribution in [-0.4, -0.2) is 49.4 Å². The summed E-state index contributed by atoms with van der Waals surface area (Å²) in [4.78, 5) is 37.0. The SMILES string of the molecule is C=C(C)[C@H]1C/C=C(\C(=O)OC)CC[C@H]2O[C@]2(COC(=O)C=C(C)C)[C@@H](OC(=O)C=C(C)C)C1. The Morgan fingerprint density at radius 3 is 2.33 bits per heavy atom. The molecule has 1 heterocycles. The molecule has 7 heteroatoms. The molecule has 4 atom stereocenters. The van der Waals surface area contributed by atoms with Crippen molar-refractivity contribution in [3.05, 3.63) is 47.1 Å². The lowest BCUT2D eigenvalue weighted by molar-refractivity contribution is -0.152. The number of esters is 3. The standard InChI is InChI=1S/C26H36O7/c1-16(2)12-23(27)31-15-26-21(33-26)11-10-19(25(29)30-7)8-9-20(18(5)6)14-22(26)32-24(28)13-17(3)4/h8,12-13,20-22H,5,9-11,14-15H2,1-4,6-7H3/b19-8-/t20-,21+,22-,26-/m0/s1. The highest BCUT2D eigenvalue weighted by Crippen LogP contribution is 2.48. The second kappa shape index (κ2) is 11.5. The summed E-state index contributed by atoms with van der Waals surface area (Å²) in [6, 6.07) is 0. The Morgan fingerprint density at radius 2 is 1.76 bits per heavy atom. The third-order valence-corrected chi connectivity index (χ3v) is 5.87. The van der Waals surface area contributed by atoms with Crippen molar-refractivity contribution < 1.29 is 33.3 Å². The summed E-state index contributed by atoms with van der Waals surface area (Å²) in [5, 5.41) is 0. The van der Waals surface area contributed by atoms with E-state index in [1.165, 1.54) is 19.3 Å². The average molecular weight is 461 g/mol. The number of hydrogen-bond donors (Lipinski definition) is 0. The molecule has 0 unspecified atom stereocenters. The summed E-state index contributed by atoms with van der Waals surface area (Å²) in [5.74, 6) is -1.38. The Hall–Kier alpha value is -2.67. The Labute approximate surface area is 196 Å². The van der Waals surface area contributed by atoms with Crippen LogP contribution in [0.25, 0.3) is 0 Å². The van der Waals surface area contributed by atoms with Gasteiger partial charge in [-0.3, -0.25) is 0 Å². The van der Waals surface area contributed by atoms with Crippen molar-refractivity contribution in [2.45, 2.75) is 78.1 Å². The molecular weight excluding hydrogens is 424 g/mol. The van der Waals surface area contributed by atoms with Crippen molar-refractivity contribution in [1.29, 1.82) is 0 Å². The lowest BCUT2D eigenvalue weighted by Crippen LogP contribution is -2.42. The predicted molar refractivity (Wildman–Crippen MR) is 124 cm³/mol. The van der Waals surface area contributed by atoms with Crippen LogP contribution in [0.5, 0.6) is 0 Å². The van der Waals surface area contributed by atoms with Crippen LogP contribution in [0, 0.1) is 5.92 Å². The molecule has 0 spiro atoms. The van der Waals surface area contributed by atoms with Crippen LogP contribution >= 0.6 is 0 Å². The van der Waals surface area contributed by atoms with E-state index in [1.807, 2.05) is 40.7 Å². The van der Waals surface area contributed by atoms with Gasteiger partial charge in [0.1, 0.15) is 12.7 Å². The van der Waals surface area contributed by atoms with Crippen LogP contribution in [0.4, 0.5) is 0 Å². The lowest BCUT2D eigenvalue weighted by Gasteiger charge is -2.29. The van der Waals surface area contributed by atoms with Gasteiger partial charge in [0.25, 0.3) is 0 Å². The predicted octanol–water partition coefficient (Wildman–Crippen LogP) is 4.38. The normalized spacial score (nSPS) is 28.1. The maximum absolute atomic E-state index is 12.6. The minimum absolute atomic E-state index is 0.0484. The summed E-state index contributed by atoms with van der Waals surface area (Å²) in [6.45, 7) is 13.2. The summed E-state index contributed by atoms with van der Waals surface area (Å²) >= 11 is 0. The van der Waals surface area contributed by atoms with Crippen LogP contribution in [0.3, 0.4) is 0 Å².